The monoisotopic (exact) mass is 285 g/mol. The molecular weight excluding hydrogens is 266 g/mol. The van der Waals surface area contributed by atoms with Gasteiger partial charge >= 0.3 is 0 Å². The first-order valence-electron chi connectivity index (χ1n) is 7.14. The highest BCUT2D eigenvalue weighted by molar-refractivity contribution is 5.78. The number of aliphatic hydroxyl groups excluding tert-OH is 1. The highest BCUT2D eigenvalue weighted by Crippen LogP contribution is 2.21. The number of hydrogen-bond donors (Lipinski definition) is 2. The van der Waals surface area contributed by atoms with Crippen molar-refractivity contribution in [2.24, 2.45) is 0 Å². The van der Waals surface area contributed by atoms with Crippen LogP contribution < -0.4 is 5.32 Å². The number of aromatic nitrogens is 2. The Labute approximate surface area is 123 Å². The molecule has 0 saturated carbocycles. The van der Waals surface area contributed by atoms with E-state index in [1.165, 1.54) is 0 Å². The van der Waals surface area contributed by atoms with Crippen molar-refractivity contribution < 1.29 is 9.52 Å². The fourth-order valence-corrected chi connectivity index (χ4v) is 2.33. The van der Waals surface area contributed by atoms with Crippen LogP contribution >= 0.6 is 0 Å². The van der Waals surface area contributed by atoms with Crippen molar-refractivity contribution in [3.8, 4) is 0 Å². The lowest BCUT2D eigenvalue weighted by Gasteiger charge is -2.02. The molecule has 0 unspecified atom stereocenters. The summed E-state index contributed by atoms with van der Waals surface area (Å²) in [5.74, 6) is 0.985. The zero-order chi connectivity index (χ0) is 14.5. The Morgan fingerprint density at radius 2 is 2.24 bits per heavy atom. The molecule has 110 valence electrons. The van der Waals surface area contributed by atoms with E-state index in [0.717, 1.165) is 41.8 Å². The molecule has 0 radical (unpaired) electrons. The molecule has 5 heteroatoms. The minimum Gasteiger partial charge on any atom is -0.461 e. The molecule has 1 aromatic carbocycles. The summed E-state index contributed by atoms with van der Waals surface area (Å²) < 4.78 is 7.94. The number of hydrogen-bond acceptors (Lipinski definition) is 4. The molecule has 2 aromatic heterocycles. The zero-order valence-electron chi connectivity index (χ0n) is 11.8. The Bertz CT molecular complexity index is 689. The average Bonchev–Trinajstić information content (AvgIpc) is 3.14. The summed E-state index contributed by atoms with van der Waals surface area (Å²) in [5.41, 5.74) is 2.07. The SMILES string of the molecule is OCCNCc1ccc2cc(CCn3ccnc3)oc2c1. The second kappa shape index (κ2) is 6.56. The highest BCUT2D eigenvalue weighted by Gasteiger charge is 2.05. The maximum absolute atomic E-state index is 8.77. The molecule has 0 aliphatic carbocycles. The van der Waals surface area contributed by atoms with Crippen molar-refractivity contribution in [1.29, 1.82) is 0 Å². The summed E-state index contributed by atoms with van der Waals surface area (Å²) >= 11 is 0. The first-order chi connectivity index (χ1) is 10.3. The van der Waals surface area contributed by atoms with E-state index in [0.29, 0.717) is 6.54 Å². The number of imidazole rings is 1. The molecule has 3 aromatic rings. The molecule has 0 atom stereocenters. The second-order valence-electron chi connectivity index (χ2n) is 5.04. The zero-order valence-corrected chi connectivity index (χ0v) is 11.8. The van der Waals surface area contributed by atoms with Gasteiger partial charge in [0.2, 0.25) is 0 Å². The molecule has 0 aliphatic rings. The van der Waals surface area contributed by atoms with E-state index < -0.39 is 0 Å². The van der Waals surface area contributed by atoms with E-state index in [1.54, 1.807) is 6.20 Å². The minimum atomic E-state index is 0.154. The maximum atomic E-state index is 8.77. The van der Waals surface area contributed by atoms with Crippen LogP contribution in [0.2, 0.25) is 0 Å². The lowest BCUT2D eigenvalue weighted by Crippen LogP contribution is -2.17. The van der Waals surface area contributed by atoms with E-state index >= 15 is 0 Å². The standard InChI is InChI=1S/C16H19N3O2/c20-8-5-17-11-13-1-2-14-10-15(21-16(14)9-13)3-6-19-7-4-18-12-19/h1-2,4,7,9-10,12,17,20H,3,5-6,8,11H2. The molecule has 0 amide bonds. The van der Waals surface area contributed by atoms with Gasteiger partial charge in [0.05, 0.1) is 12.9 Å². The quantitative estimate of drug-likeness (QED) is 0.651. The van der Waals surface area contributed by atoms with Crippen LogP contribution in [-0.4, -0.2) is 27.8 Å². The number of nitrogens with one attached hydrogen (secondary N) is 1. The van der Waals surface area contributed by atoms with Crippen LogP contribution in [-0.2, 0) is 19.5 Å². The smallest absolute Gasteiger partial charge is 0.134 e. The van der Waals surface area contributed by atoms with Crippen LogP contribution in [0.3, 0.4) is 0 Å². The van der Waals surface area contributed by atoms with Crippen LogP contribution in [0.5, 0.6) is 0 Å². The van der Waals surface area contributed by atoms with Crippen molar-refractivity contribution in [3.63, 3.8) is 0 Å². The van der Waals surface area contributed by atoms with E-state index in [4.69, 9.17) is 9.52 Å². The average molecular weight is 285 g/mol. The molecule has 0 saturated heterocycles. The van der Waals surface area contributed by atoms with Gasteiger partial charge in [0.1, 0.15) is 11.3 Å². The van der Waals surface area contributed by atoms with Gasteiger partial charge in [-0.3, -0.25) is 0 Å². The van der Waals surface area contributed by atoms with Gasteiger partial charge in [0.25, 0.3) is 0 Å². The second-order valence-corrected chi connectivity index (χ2v) is 5.04. The largest absolute Gasteiger partial charge is 0.461 e. The van der Waals surface area contributed by atoms with Gasteiger partial charge in [-0.15, -0.1) is 0 Å². The number of nitrogens with zero attached hydrogens (tertiary/aromatic N) is 2. The van der Waals surface area contributed by atoms with E-state index in [1.807, 2.05) is 17.1 Å². The number of benzene rings is 1. The van der Waals surface area contributed by atoms with Gasteiger partial charge in [-0.05, 0) is 17.7 Å². The fraction of sp³-hybridized carbons (Fsp3) is 0.312. The molecule has 5 nitrogen and oxygen atoms in total. The third kappa shape index (κ3) is 3.51. The van der Waals surface area contributed by atoms with Crippen LogP contribution in [0.15, 0.2) is 47.4 Å². The predicted octanol–water partition coefficient (Wildman–Crippen LogP) is 1.95. The lowest BCUT2D eigenvalue weighted by atomic mass is 10.1. The van der Waals surface area contributed by atoms with Gasteiger partial charge in [-0.2, -0.15) is 0 Å². The Hall–Kier alpha value is -2.11. The molecule has 3 rings (SSSR count). The summed E-state index contributed by atoms with van der Waals surface area (Å²) in [6.45, 7) is 2.36. The van der Waals surface area contributed by atoms with Crippen LogP contribution in [0.4, 0.5) is 0 Å². The first-order valence-corrected chi connectivity index (χ1v) is 7.14. The van der Waals surface area contributed by atoms with Crippen molar-refractivity contribution in [2.45, 2.75) is 19.5 Å². The van der Waals surface area contributed by atoms with Crippen molar-refractivity contribution in [2.75, 3.05) is 13.2 Å². The highest BCUT2D eigenvalue weighted by atomic mass is 16.3. The normalized spacial score (nSPS) is 11.3. The molecule has 2 heterocycles. The first kappa shape index (κ1) is 13.9. The Balaban J connectivity index is 1.67. The number of rotatable bonds is 7. The third-order valence-electron chi connectivity index (χ3n) is 3.43. The van der Waals surface area contributed by atoms with Crippen molar-refractivity contribution in [1.82, 2.24) is 14.9 Å². The molecular formula is C16H19N3O2. The van der Waals surface area contributed by atoms with Gasteiger partial charge < -0.3 is 19.4 Å². The van der Waals surface area contributed by atoms with Crippen LogP contribution in [0.1, 0.15) is 11.3 Å². The van der Waals surface area contributed by atoms with E-state index in [2.05, 4.69) is 34.6 Å². The molecule has 21 heavy (non-hydrogen) atoms. The maximum Gasteiger partial charge on any atom is 0.134 e. The molecule has 2 N–H and O–H groups in total. The lowest BCUT2D eigenvalue weighted by molar-refractivity contribution is 0.292. The number of furan rings is 1. The van der Waals surface area contributed by atoms with Gasteiger partial charge in [0.15, 0.2) is 0 Å². The van der Waals surface area contributed by atoms with E-state index in [9.17, 15) is 0 Å². The Kier molecular flexibility index (Phi) is 4.33. The van der Waals surface area contributed by atoms with Gasteiger partial charge in [-0.1, -0.05) is 12.1 Å². The number of aryl methyl sites for hydroxylation is 2. The number of fused-ring (bicyclic) bond motifs is 1. The molecule has 0 bridgehead atoms. The topological polar surface area (TPSA) is 63.2 Å². The summed E-state index contributed by atoms with van der Waals surface area (Å²) in [7, 11) is 0. The van der Waals surface area contributed by atoms with Crippen LogP contribution in [0, 0.1) is 0 Å². The van der Waals surface area contributed by atoms with Gasteiger partial charge in [0, 0.05) is 43.8 Å². The number of aliphatic hydroxyl groups is 1. The van der Waals surface area contributed by atoms with Gasteiger partial charge in [-0.25, -0.2) is 4.98 Å². The minimum absolute atomic E-state index is 0.154. The van der Waals surface area contributed by atoms with Crippen LogP contribution in [0.25, 0.3) is 11.0 Å². The Morgan fingerprint density at radius 1 is 1.29 bits per heavy atom. The summed E-state index contributed by atoms with van der Waals surface area (Å²) in [6, 6.07) is 8.31. The fourth-order valence-electron chi connectivity index (χ4n) is 2.33. The third-order valence-corrected chi connectivity index (χ3v) is 3.43. The van der Waals surface area contributed by atoms with E-state index in [-0.39, 0.29) is 6.61 Å². The summed E-state index contributed by atoms with van der Waals surface area (Å²) in [4.78, 5) is 4.03. The molecule has 0 aliphatic heterocycles. The molecule has 0 fully saturated rings. The summed E-state index contributed by atoms with van der Waals surface area (Å²) in [6.07, 6.45) is 6.40. The predicted molar refractivity (Wildman–Crippen MR) is 80.9 cm³/mol. The Morgan fingerprint density at radius 3 is 3.05 bits per heavy atom. The summed E-state index contributed by atoms with van der Waals surface area (Å²) in [5, 5.41) is 13.1. The van der Waals surface area contributed by atoms with Crippen molar-refractivity contribution >= 4 is 11.0 Å². The van der Waals surface area contributed by atoms with Crippen molar-refractivity contribution in [3.05, 3.63) is 54.3 Å². The molecule has 0 spiro atoms.